The third-order valence-corrected chi connectivity index (χ3v) is 3.41. The van der Waals surface area contributed by atoms with Gasteiger partial charge < -0.3 is 5.32 Å². The van der Waals surface area contributed by atoms with Crippen LogP contribution in [0.1, 0.15) is 25.0 Å². The number of unbranched alkanes of at least 4 members (excludes halogenated alkanes) is 2. The molecular weight excluding hydrogens is 246 g/mol. The number of aryl methyl sites for hydroxylation is 1. The molecule has 0 aromatic carbocycles. The van der Waals surface area contributed by atoms with Crippen LogP contribution in [0.3, 0.4) is 0 Å². The van der Waals surface area contributed by atoms with E-state index in [0.717, 1.165) is 18.1 Å². The van der Waals surface area contributed by atoms with Gasteiger partial charge in [-0.05, 0) is 31.8 Å². The molecular formula is C12H19N5S. The average molecular weight is 265 g/mol. The van der Waals surface area contributed by atoms with Gasteiger partial charge in [0.15, 0.2) is 0 Å². The molecule has 2 aromatic heterocycles. The number of rotatable bonds is 7. The van der Waals surface area contributed by atoms with Crippen LogP contribution in [0.15, 0.2) is 12.4 Å². The molecule has 0 spiro atoms. The summed E-state index contributed by atoms with van der Waals surface area (Å²) in [5, 5.41) is 7.57. The van der Waals surface area contributed by atoms with E-state index in [1.54, 1.807) is 4.52 Å². The highest BCUT2D eigenvalue weighted by Gasteiger charge is 2.04. The Kier molecular flexibility index (Phi) is 4.81. The zero-order valence-electron chi connectivity index (χ0n) is 10.9. The topological polar surface area (TPSA) is 55.1 Å². The van der Waals surface area contributed by atoms with Crippen LogP contribution in [0.5, 0.6) is 0 Å². The van der Waals surface area contributed by atoms with Crippen molar-refractivity contribution in [1.29, 1.82) is 0 Å². The Hall–Kier alpha value is -1.30. The normalized spacial score (nSPS) is 11.0. The Bertz CT molecular complexity index is 496. The second-order valence-corrected chi connectivity index (χ2v) is 5.22. The van der Waals surface area contributed by atoms with Gasteiger partial charge in [0.1, 0.15) is 12.1 Å². The molecule has 0 fully saturated rings. The summed E-state index contributed by atoms with van der Waals surface area (Å²) in [5.74, 6) is 2.88. The lowest BCUT2D eigenvalue weighted by atomic mass is 10.2. The van der Waals surface area contributed by atoms with Gasteiger partial charge >= 0.3 is 0 Å². The fourth-order valence-corrected chi connectivity index (χ4v) is 2.31. The molecule has 0 aliphatic carbocycles. The van der Waals surface area contributed by atoms with Crippen LogP contribution in [-0.4, -0.2) is 38.1 Å². The molecule has 0 bridgehead atoms. The molecule has 0 aliphatic heterocycles. The maximum absolute atomic E-state index is 4.31. The van der Waals surface area contributed by atoms with Gasteiger partial charge in [-0.3, -0.25) is 0 Å². The van der Waals surface area contributed by atoms with E-state index in [2.05, 4.69) is 26.6 Å². The second-order valence-electron chi connectivity index (χ2n) is 4.23. The number of nitrogens with one attached hydrogen (secondary N) is 1. The lowest BCUT2D eigenvalue weighted by Gasteiger charge is -2.08. The fourth-order valence-electron chi connectivity index (χ4n) is 1.82. The summed E-state index contributed by atoms with van der Waals surface area (Å²) in [6, 6.07) is 2.00. The first-order valence-corrected chi connectivity index (χ1v) is 7.61. The summed E-state index contributed by atoms with van der Waals surface area (Å²) in [6.07, 6.45) is 7.42. The third kappa shape index (κ3) is 3.35. The van der Waals surface area contributed by atoms with Gasteiger partial charge in [-0.15, -0.1) is 0 Å². The van der Waals surface area contributed by atoms with E-state index in [1.165, 1.54) is 31.3 Å². The van der Waals surface area contributed by atoms with Crippen LogP contribution in [0.4, 0.5) is 5.82 Å². The lowest BCUT2D eigenvalue weighted by molar-refractivity contribution is 0.744. The van der Waals surface area contributed by atoms with E-state index in [1.807, 2.05) is 24.8 Å². The first-order valence-electron chi connectivity index (χ1n) is 6.21. The molecule has 18 heavy (non-hydrogen) atoms. The highest BCUT2D eigenvalue weighted by atomic mass is 32.2. The second kappa shape index (κ2) is 6.58. The highest BCUT2D eigenvalue weighted by molar-refractivity contribution is 7.98. The molecule has 0 aliphatic rings. The van der Waals surface area contributed by atoms with E-state index >= 15 is 0 Å². The zero-order valence-corrected chi connectivity index (χ0v) is 11.7. The predicted octanol–water partition coefficient (Wildman–Crippen LogP) is 2.38. The van der Waals surface area contributed by atoms with E-state index in [9.17, 15) is 0 Å². The summed E-state index contributed by atoms with van der Waals surface area (Å²) in [4.78, 5) is 8.42. The van der Waals surface area contributed by atoms with Crippen LogP contribution in [-0.2, 0) is 0 Å². The third-order valence-electron chi connectivity index (χ3n) is 2.71. The monoisotopic (exact) mass is 265 g/mol. The van der Waals surface area contributed by atoms with Crippen molar-refractivity contribution in [2.75, 3.05) is 23.9 Å². The number of fused-ring (bicyclic) bond motifs is 1. The largest absolute Gasteiger partial charge is 0.370 e. The Labute approximate surface area is 111 Å². The SMILES string of the molecule is CSCCCCCNc1cc(C)nc2ncnn12. The minimum absolute atomic E-state index is 0.653. The molecule has 6 heteroatoms. The summed E-state index contributed by atoms with van der Waals surface area (Å²) in [6.45, 7) is 2.94. The van der Waals surface area contributed by atoms with Gasteiger partial charge in [0, 0.05) is 18.3 Å². The summed E-state index contributed by atoms with van der Waals surface area (Å²) in [5.41, 5.74) is 0.959. The molecule has 5 nitrogen and oxygen atoms in total. The van der Waals surface area contributed by atoms with Gasteiger partial charge in [-0.25, -0.2) is 4.98 Å². The van der Waals surface area contributed by atoms with Gasteiger partial charge in [0.2, 0.25) is 0 Å². The summed E-state index contributed by atoms with van der Waals surface area (Å²) < 4.78 is 1.74. The van der Waals surface area contributed by atoms with Crippen molar-refractivity contribution in [3.05, 3.63) is 18.1 Å². The molecule has 2 heterocycles. The predicted molar refractivity (Wildman–Crippen MR) is 76.2 cm³/mol. The standard InChI is InChI=1S/C12H19N5S/c1-10-8-11(13-6-4-3-5-7-18-2)17-12(16-10)14-9-15-17/h8-9,13H,3-7H2,1-2H3. The maximum Gasteiger partial charge on any atom is 0.254 e. The van der Waals surface area contributed by atoms with Crippen molar-refractivity contribution in [3.63, 3.8) is 0 Å². The Balaban J connectivity index is 1.89. The quantitative estimate of drug-likeness (QED) is 0.779. The van der Waals surface area contributed by atoms with Crippen LogP contribution < -0.4 is 5.32 Å². The number of anilines is 1. The number of hydrogen-bond acceptors (Lipinski definition) is 5. The van der Waals surface area contributed by atoms with Crippen LogP contribution in [0.2, 0.25) is 0 Å². The minimum atomic E-state index is 0.653. The van der Waals surface area contributed by atoms with Crippen LogP contribution in [0.25, 0.3) is 5.78 Å². The van der Waals surface area contributed by atoms with E-state index in [0.29, 0.717) is 5.78 Å². The van der Waals surface area contributed by atoms with Gasteiger partial charge in [-0.1, -0.05) is 6.42 Å². The van der Waals surface area contributed by atoms with Crippen molar-refractivity contribution in [3.8, 4) is 0 Å². The van der Waals surface area contributed by atoms with Crippen molar-refractivity contribution in [1.82, 2.24) is 19.6 Å². The van der Waals surface area contributed by atoms with Gasteiger partial charge in [-0.2, -0.15) is 26.4 Å². The summed E-state index contributed by atoms with van der Waals surface area (Å²) >= 11 is 1.91. The maximum atomic E-state index is 4.31. The molecule has 0 saturated carbocycles. The first-order chi connectivity index (χ1) is 8.81. The number of aromatic nitrogens is 4. The van der Waals surface area contributed by atoms with E-state index in [-0.39, 0.29) is 0 Å². The molecule has 2 aromatic rings. The molecule has 0 saturated heterocycles. The number of nitrogens with zero attached hydrogens (tertiary/aromatic N) is 4. The average Bonchev–Trinajstić information content (AvgIpc) is 2.81. The van der Waals surface area contributed by atoms with E-state index in [4.69, 9.17) is 0 Å². The van der Waals surface area contributed by atoms with Crippen molar-refractivity contribution >= 4 is 23.4 Å². The Morgan fingerprint density at radius 2 is 2.22 bits per heavy atom. The van der Waals surface area contributed by atoms with E-state index < -0.39 is 0 Å². The van der Waals surface area contributed by atoms with Crippen LogP contribution in [0, 0.1) is 6.92 Å². The molecule has 1 N–H and O–H groups in total. The fraction of sp³-hybridized carbons (Fsp3) is 0.583. The molecule has 0 radical (unpaired) electrons. The zero-order chi connectivity index (χ0) is 12.8. The Morgan fingerprint density at radius 3 is 3.06 bits per heavy atom. The van der Waals surface area contributed by atoms with Crippen molar-refractivity contribution in [2.45, 2.75) is 26.2 Å². The molecule has 0 unspecified atom stereocenters. The first kappa shape index (κ1) is 13.1. The molecule has 2 rings (SSSR count). The molecule has 98 valence electrons. The molecule has 0 atom stereocenters. The summed E-state index contributed by atoms with van der Waals surface area (Å²) in [7, 11) is 0. The minimum Gasteiger partial charge on any atom is -0.370 e. The molecule has 0 amide bonds. The Morgan fingerprint density at radius 1 is 1.33 bits per heavy atom. The number of hydrogen-bond donors (Lipinski definition) is 1. The van der Waals surface area contributed by atoms with Crippen molar-refractivity contribution in [2.24, 2.45) is 0 Å². The number of thioether (sulfide) groups is 1. The highest BCUT2D eigenvalue weighted by Crippen LogP contribution is 2.10. The van der Waals surface area contributed by atoms with Gasteiger partial charge in [0.05, 0.1) is 0 Å². The van der Waals surface area contributed by atoms with Crippen LogP contribution >= 0.6 is 11.8 Å². The lowest BCUT2D eigenvalue weighted by Crippen LogP contribution is -2.08. The van der Waals surface area contributed by atoms with Gasteiger partial charge in [0.25, 0.3) is 5.78 Å². The smallest absolute Gasteiger partial charge is 0.254 e. The van der Waals surface area contributed by atoms with Crippen molar-refractivity contribution < 1.29 is 0 Å².